The van der Waals surface area contributed by atoms with Crippen LogP contribution in [0.3, 0.4) is 0 Å². The molecule has 1 unspecified atom stereocenters. The average Bonchev–Trinajstić information content (AvgIpc) is 3.33. The van der Waals surface area contributed by atoms with Crippen molar-refractivity contribution in [2.24, 2.45) is 0 Å². The first-order valence-corrected chi connectivity index (χ1v) is 7.81. The quantitative estimate of drug-likeness (QED) is 0.893. The summed E-state index contributed by atoms with van der Waals surface area (Å²) in [4.78, 5) is 2.61. The van der Waals surface area contributed by atoms with Crippen molar-refractivity contribution in [1.29, 1.82) is 5.26 Å². The van der Waals surface area contributed by atoms with Gasteiger partial charge in [0, 0.05) is 25.2 Å². The summed E-state index contributed by atoms with van der Waals surface area (Å²) in [7, 11) is 0. The second-order valence-electron chi connectivity index (χ2n) is 6.12. The molecule has 2 fully saturated rings. The molecule has 1 aliphatic carbocycles. The van der Waals surface area contributed by atoms with Gasteiger partial charge in [0.15, 0.2) is 0 Å². The van der Waals surface area contributed by atoms with Gasteiger partial charge in [-0.05, 0) is 49.9 Å². The fraction of sp³-hybridized carbons (Fsp3) is 0.588. The summed E-state index contributed by atoms with van der Waals surface area (Å²) >= 11 is 0. The summed E-state index contributed by atoms with van der Waals surface area (Å²) in [6.45, 7) is 3.31. The molecular weight excluding hydrogens is 246 g/mol. The van der Waals surface area contributed by atoms with Gasteiger partial charge in [0.25, 0.3) is 0 Å². The molecule has 20 heavy (non-hydrogen) atoms. The van der Waals surface area contributed by atoms with E-state index in [1.807, 2.05) is 18.2 Å². The normalized spacial score (nSPS) is 22.7. The Morgan fingerprint density at radius 2 is 2.15 bits per heavy atom. The molecule has 1 aliphatic heterocycles. The molecule has 3 rings (SSSR count). The topological polar surface area (TPSA) is 39.1 Å². The molecule has 1 saturated carbocycles. The first kappa shape index (κ1) is 13.6. The van der Waals surface area contributed by atoms with Crippen molar-refractivity contribution in [3.63, 3.8) is 0 Å². The van der Waals surface area contributed by atoms with Crippen molar-refractivity contribution in [2.45, 2.75) is 50.7 Å². The van der Waals surface area contributed by atoms with Gasteiger partial charge in [-0.15, -0.1) is 0 Å². The molecule has 1 saturated heterocycles. The lowest BCUT2D eigenvalue weighted by Crippen LogP contribution is -2.44. The highest BCUT2D eigenvalue weighted by Crippen LogP contribution is 2.29. The van der Waals surface area contributed by atoms with Crippen LogP contribution in [0.4, 0.5) is 0 Å². The molecule has 0 spiro atoms. The summed E-state index contributed by atoms with van der Waals surface area (Å²) in [5, 5.41) is 12.7. The van der Waals surface area contributed by atoms with Crippen molar-refractivity contribution in [3.05, 3.63) is 35.4 Å². The predicted molar refractivity (Wildman–Crippen MR) is 80.2 cm³/mol. The molecule has 0 aromatic heterocycles. The molecule has 1 aromatic carbocycles. The van der Waals surface area contributed by atoms with E-state index < -0.39 is 0 Å². The third-order valence-corrected chi connectivity index (χ3v) is 4.37. The Morgan fingerprint density at radius 1 is 1.25 bits per heavy atom. The Hall–Kier alpha value is -1.37. The highest BCUT2D eigenvalue weighted by Gasteiger charge is 2.30. The average molecular weight is 269 g/mol. The van der Waals surface area contributed by atoms with E-state index in [0.29, 0.717) is 6.04 Å². The van der Waals surface area contributed by atoms with E-state index in [1.165, 1.54) is 44.2 Å². The number of hydrogen-bond acceptors (Lipinski definition) is 3. The smallest absolute Gasteiger partial charge is 0.0991 e. The lowest BCUT2D eigenvalue weighted by Gasteiger charge is -2.30. The monoisotopic (exact) mass is 269 g/mol. The van der Waals surface area contributed by atoms with Crippen LogP contribution in [0.25, 0.3) is 0 Å². The number of nitrogens with zero attached hydrogens (tertiary/aromatic N) is 2. The van der Waals surface area contributed by atoms with Crippen LogP contribution in [0, 0.1) is 11.3 Å². The Labute approximate surface area is 121 Å². The largest absolute Gasteiger partial charge is 0.313 e. The van der Waals surface area contributed by atoms with Crippen molar-refractivity contribution < 1.29 is 0 Å². The third kappa shape index (κ3) is 3.59. The van der Waals surface area contributed by atoms with Crippen LogP contribution >= 0.6 is 0 Å². The highest BCUT2D eigenvalue weighted by atomic mass is 15.2. The molecule has 1 N–H and O–H groups in total. The van der Waals surface area contributed by atoms with E-state index in [-0.39, 0.29) is 0 Å². The molecule has 0 radical (unpaired) electrons. The third-order valence-electron chi connectivity index (χ3n) is 4.37. The summed E-state index contributed by atoms with van der Waals surface area (Å²) in [5.41, 5.74) is 2.04. The highest BCUT2D eigenvalue weighted by molar-refractivity contribution is 5.32. The van der Waals surface area contributed by atoms with Gasteiger partial charge < -0.3 is 5.32 Å². The number of benzene rings is 1. The number of nitrogens with one attached hydrogen (secondary N) is 1. The van der Waals surface area contributed by atoms with Crippen LogP contribution in [0.2, 0.25) is 0 Å². The van der Waals surface area contributed by atoms with Crippen molar-refractivity contribution in [3.8, 4) is 6.07 Å². The Balaban J connectivity index is 1.63. The van der Waals surface area contributed by atoms with Gasteiger partial charge in [-0.1, -0.05) is 18.6 Å². The molecule has 1 atom stereocenters. The number of nitriles is 1. The SMILES string of the molecule is N#Cc1cccc(CN(CC2CCCCN2)C2CC2)c1. The van der Waals surface area contributed by atoms with E-state index in [2.05, 4.69) is 22.4 Å². The van der Waals surface area contributed by atoms with Gasteiger partial charge in [0.05, 0.1) is 11.6 Å². The molecule has 106 valence electrons. The minimum absolute atomic E-state index is 0.656. The van der Waals surface area contributed by atoms with E-state index in [9.17, 15) is 0 Å². The molecular formula is C17H23N3. The Kier molecular flexibility index (Phi) is 4.34. The van der Waals surface area contributed by atoms with Crippen LogP contribution in [0.1, 0.15) is 43.2 Å². The fourth-order valence-electron chi connectivity index (χ4n) is 3.12. The van der Waals surface area contributed by atoms with Gasteiger partial charge in [-0.2, -0.15) is 5.26 Å². The van der Waals surface area contributed by atoms with Crippen LogP contribution < -0.4 is 5.32 Å². The Bertz CT molecular complexity index is 481. The number of hydrogen-bond donors (Lipinski definition) is 1. The molecule has 3 heteroatoms. The lowest BCUT2D eigenvalue weighted by atomic mass is 10.0. The standard InChI is InChI=1S/C17H23N3/c18-11-14-4-3-5-15(10-14)12-20(17-7-8-17)13-16-6-1-2-9-19-16/h3-5,10,16-17,19H,1-2,6-9,12-13H2. The minimum Gasteiger partial charge on any atom is -0.313 e. The molecule has 1 aromatic rings. The van der Waals surface area contributed by atoms with Crippen molar-refractivity contribution in [1.82, 2.24) is 10.2 Å². The second-order valence-corrected chi connectivity index (χ2v) is 6.12. The predicted octanol–water partition coefficient (Wildman–Crippen LogP) is 2.66. The summed E-state index contributed by atoms with van der Waals surface area (Å²) in [6.07, 6.45) is 6.67. The Morgan fingerprint density at radius 3 is 2.85 bits per heavy atom. The van der Waals surface area contributed by atoms with E-state index in [4.69, 9.17) is 5.26 Å². The molecule has 0 bridgehead atoms. The zero-order chi connectivity index (χ0) is 13.8. The van der Waals surface area contributed by atoms with Crippen molar-refractivity contribution >= 4 is 0 Å². The first-order chi connectivity index (χ1) is 9.85. The minimum atomic E-state index is 0.656. The number of piperidine rings is 1. The molecule has 2 aliphatic rings. The molecule has 3 nitrogen and oxygen atoms in total. The maximum Gasteiger partial charge on any atom is 0.0991 e. The van der Waals surface area contributed by atoms with Gasteiger partial charge in [-0.3, -0.25) is 4.90 Å². The summed E-state index contributed by atoms with van der Waals surface area (Å²) in [6, 6.07) is 11.7. The molecule has 0 amide bonds. The van der Waals surface area contributed by atoms with Crippen LogP contribution in [-0.2, 0) is 6.54 Å². The van der Waals surface area contributed by atoms with Crippen LogP contribution in [0.5, 0.6) is 0 Å². The van der Waals surface area contributed by atoms with Crippen LogP contribution in [0.15, 0.2) is 24.3 Å². The van der Waals surface area contributed by atoms with Gasteiger partial charge in [0.1, 0.15) is 0 Å². The zero-order valence-corrected chi connectivity index (χ0v) is 12.0. The summed E-state index contributed by atoms with van der Waals surface area (Å²) in [5.74, 6) is 0. The van der Waals surface area contributed by atoms with Gasteiger partial charge in [-0.25, -0.2) is 0 Å². The maximum atomic E-state index is 9.01. The first-order valence-electron chi connectivity index (χ1n) is 7.81. The van der Waals surface area contributed by atoms with E-state index >= 15 is 0 Å². The zero-order valence-electron chi connectivity index (χ0n) is 12.0. The second kappa shape index (κ2) is 6.39. The van der Waals surface area contributed by atoms with Gasteiger partial charge >= 0.3 is 0 Å². The molecule has 1 heterocycles. The lowest BCUT2D eigenvalue weighted by molar-refractivity contribution is 0.208. The maximum absolute atomic E-state index is 9.01. The number of rotatable bonds is 5. The van der Waals surface area contributed by atoms with Crippen molar-refractivity contribution in [2.75, 3.05) is 13.1 Å². The van der Waals surface area contributed by atoms with E-state index in [0.717, 1.165) is 24.7 Å². The van der Waals surface area contributed by atoms with Crippen LogP contribution in [-0.4, -0.2) is 30.1 Å². The van der Waals surface area contributed by atoms with E-state index in [1.54, 1.807) is 0 Å². The summed E-state index contributed by atoms with van der Waals surface area (Å²) < 4.78 is 0. The van der Waals surface area contributed by atoms with Gasteiger partial charge in [0.2, 0.25) is 0 Å². The fourth-order valence-corrected chi connectivity index (χ4v) is 3.12.